The third-order valence-electron chi connectivity index (χ3n) is 2.99. The molecule has 0 saturated heterocycles. The molecule has 1 heterocycles. The number of imidazole rings is 1. The van der Waals surface area contributed by atoms with Crippen LogP contribution in [0.3, 0.4) is 0 Å². The Bertz CT molecular complexity index is 752. The van der Waals surface area contributed by atoms with Gasteiger partial charge in [-0.05, 0) is 24.3 Å². The minimum absolute atomic E-state index is 0.382. The van der Waals surface area contributed by atoms with Gasteiger partial charge in [0.25, 0.3) is 0 Å². The summed E-state index contributed by atoms with van der Waals surface area (Å²) in [5.74, 6) is 1.07. The molecule has 0 amide bonds. The van der Waals surface area contributed by atoms with Crippen molar-refractivity contribution in [1.29, 1.82) is 0 Å². The summed E-state index contributed by atoms with van der Waals surface area (Å²) < 4.78 is 7.12. The van der Waals surface area contributed by atoms with E-state index in [-0.39, 0.29) is 0 Å². The number of fused-ring (bicyclic) bond motifs is 1. The average molecular weight is 274 g/mol. The fourth-order valence-electron chi connectivity index (χ4n) is 2.14. The first-order chi connectivity index (χ1) is 9.22. The van der Waals surface area contributed by atoms with E-state index in [1.54, 1.807) is 7.11 Å². The highest BCUT2D eigenvalue weighted by Gasteiger charge is 2.14. The fourth-order valence-corrected chi connectivity index (χ4v) is 2.36. The predicted molar refractivity (Wildman–Crippen MR) is 77.0 cm³/mol. The number of nitrogens with two attached hydrogens (primary N) is 1. The summed E-state index contributed by atoms with van der Waals surface area (Å²) in [5, 5.41) is 0.622. The zero-order chi connectivity index (χ0) is 13.4. The van der Waals surface area contributed by atoms with E-state index in [0.717, 1.165) is 16.7 Å². The number of hydrogen-bond acceptors (Lipinski definition) is 3. The first-order valence-electron chi connectivity index (χ1n) is 5.78. The molecule has 0 atom stereocenters. The molecule has 96 valence electrons. The van der Waals surface area contributed by atoms with E-state index in [1.165, 1.54) is 0 Å². The quantitative estimate of drug-likeness (QED) is 0.780. The van der Waals surface area contributed by atoms with Gasteiger partial charge in [0.05, 0.1) is 23.3 Å². The zero-order valence-corrected chi connectivity index (χ0v) is 11.1. The van der Waals surface area contributed by atoms with Crippen molar-refractivity contribution in [1.82, 2.24) is 9.55 Å². The highest BCUT2D eigenvalue weighted by Crippen LogP contribution is 2.31. The van der Waals surface area contributed by atoms with Crippen LogP contribution in [0.4, 0.5) is 5.95 Å². The van der Waals surface area contributed by atoms with Gasteiger partial charge in [-0.25, -0.2) is 4.98 Å². The molecule has 0 spiro atoms. The Kier molecular flexibility index (Phi) is 2.80. The van der Waals surface area contributed by atoms with Crippen molar-refractivity contribution < 1.29 is 4.74 Å². The maximum absolute atomic E-state index is 6.23. The van der Waals surface area contributed by atoms with Gasteiger partial charge in [-0.15, -0.1) is 0 Å². The smallest absolute Gasteiger partial charge is 0.206 e. The number of aromatic nitrogens is 2. The van der Waals surface area contributed by atoms with Crippen LogP contribution in [0.1, 0.15) is 0 Å². The molecule has 0 saturated carbocycles. The molecule has 0 unspecified atom stereocenters. The van der Waals surface area contributed by atoms with Gasteiger partial charge in [0.15, 0.2) is 0 Å². The van der Waals surface area contributed by atoms with Gasteiger partial charge in [0.2, 0.25) is 5.95 Å². The van der Waals surface area contributed by atoms with Crippen LogP contribution in [0.2, 0.25) is 5.02 Å². The zero-order valence-electron chi connectivity index (χ0n) is 10.3. The van der Waals surface area contributed by atoms with E-state index in [4.69, 9.17) is 22.1 Å². The molecule has 0 aliphatic rings. The monoisotopic (exact) mass is 273 g/mol. The Morgan fingerprint density at radius 2 is 1.95 bits per heavy atom. The van der Waals surface area contributed by atoms with Gasteiger partial charge >= 0.3 is 0 Å². The number of methoxy groups -OCH3 is 1. The number of nitrogen functional groups attached to an aromatic ring is 1. The lowest BCUT2D eigenvalue weighted by Gasteiger charge is -2.08. The number of hydrogen-bond donors (Lipinski definition) is 1. The van der Waals surface area contributed by atoms with Crippen LogP contribution in [-0.4, -0.2) is 16.7 Å². The number of halogens is 1. The van der Waals surface area contributed by atoms with Gasteiger partial charge in [0.1, 0.15) is 11.3 Å². The lowest BCUT2D eigenvalue weighted by Crippen LogP contribution is -2.00. The highest BCUT2D eigenvalue weighted by molar-refractivity contribution is 6.32. The van der Waals surface area contributed by atoms with Gasteiger partial charge in [-0.1, -0.05) is 29.8 Å². The summed E-state index contributed by atoms with van der Waals surface area (Å²) in [5.41, 5.74) is 8.41. The summed E-state index contributed by atoms with van der Waals surface area (Å²) in [6.07, 6.45) is 0. The molecule has 0 bridgehead atoms. The van der Waals surface area contributed by atoms with Crippen molar-refractivity contribution in [3.05, 3.63) is 47.5 Å². The molecule has 2 N–H and O–H groups in total. The van der Waals surface area contributed by atoms with Gasteiger partial charge in [-0.2, -0.15) is 0 Å². The van der Waals surface area contributed by atoms with E-state index < -0.39 is 0 Å². The third kappa shape index (κ3) is 1.81. The lowest BCUT2D eigenvalue weighted by molar-refractivity contribution is 0.419. The van der Waals surface area contributed by atoms with Crippen LogP contribution in [0.15, 0.2) is 42.5 Å². The van der Waals surface area contributed by atoms with E-state index in [2.05, 4.69) is 4.98 Å². The summed E-state index contributed by atoms with van der Waals surface area (Å²) in [6, 6.07) is 13.2. The van der Waals surface area contributed by atoms with E-state index in [1.807, 2.05) is 47.0 Å². The van der Waals surface area contributed by atoms with E-state index in [0.29, 0.717) is 16.7 Å². The SMILES string of the molecule is COc1cccc2c1nc(N)n2-c1ccccc1Cl. The van der Waals surface area contributed by atoms with Crippen molar-refractivity contribution in [3.8, 4) is 11.4 Å². The minimum Gasteiger partial charge on any atom is -0.494 e. The maximum Gasteiger partial charge on any atom is 0.206 e. The molecular formula is C14H12ClN3O. The lowest BCUT2D eigenvalue weighted by atomic mass is 10.2. The number of para-hydroxylation sites is 2. The second-order valence-electron chi connectivity index (χ2n) is 4.08. The molecule has 19 heavy (non-hydrogen) atoms. The number of rotatable bonds is 2. The summed E-state index contributed by atoms with van der Waals surface area (Å²) in [6.45, 7) is 0. The first-order valence-corrected chi connectivity index (χ1v) is 6.16. The van der Waals surface area contributed by atoms with Crippen LogP contribution in [0.5, 0.6) is 5.75 Å². The molecule has 0 fully saturated rings. The molecule has 3 rings (SSSR count). The van der Waals surface area contributed by atoms with Crippen molar-refractivity contribution in [2.75, 3.05) is 12.8 Å². The number of nitrogens with zero attached hydrogens (tertiary/aromatic N) is 2. The Balaban J connectivity index is 2.36. The fraction of sp³-hybridized carbons (Fsp3) is 0.0714. The Labute approximate surface area is 115 Å². The van der Waals surface area contributed by atoms with E-state index >= 15 is 0 Å². The van der Waals surface area contributed by atoms with Crippen LogP contribution < -0.4 is 10.5 Å². The predicted octanol–water partition coefficient (Wildman–Crippen LogP) is 3.27. The Hall–Kier alpha value is -2.20. The van der Waals surface area contributed by atoms with Crippen molar-refractivity contribution in [2.24, 2.45) is 0 Å². The average Bonchev–Trinajstić information content (AvgIpc) is 2.75. The van der Waals surface area contributed by atoms with Crippen LogP contribution in [0.25, 0.3) is 16.7 Å². The highest BCUT2D eigenvalue weighted by atomic mass is 35.5. The first kappa shape index (κ1) is 11.9. The van der Waals surface area contributed by atoms with E-state index in [9.17, 15) is 0 Å². The van der Waals surface area contributed by atoms with Gasteiger partial charge in [0, 0.05) is 0 Å². The number of anilines is 1. The molecule has 1 aromatic heterocycles. The van der Waals surface area contributed by atoms with Gasteiger partial charge in [-0.3, -0.25) is 4.57 Å². The second kappa shape index (κ2) is 4.48. The molecule has 0 aliphatic carbocycles. The summed E-state index contributed by atoms with van der Waals surface area (Å²) in [4.78, 5) is 4.36. The molecule has 5 heteroatoms. The Morgan fingerprint density at radius 3 is 2.68 bits per heavy atom. The molecular weight excluding hydrogens is 262 g/mol. The second-order valence-corrected chi connectivity index (χ2v) is 4.49. The summed E-state index contributed by atoms with van der Waals surface area (Å²) >= 11 is 6.23. The standard InChI is InChI=1S/C14H12ClN3O/c1-19-12-8-4-7-11-13(12)17-14(16)18(11)10-6-3-2-5-9(10)15/h2-8H,1H3,(H2,16,17). The Morgan fingerprint density at radius 1 is 1.16 bits per heavy atom. The topological polar surface area (TPSA) is 53.1 Å². The largest absolute Gasteiger partial charge is 0.494 e. The minimum atomic E-state index is 0.382. The molecule has 0 aliphatic heterocycles. The van der Waals surface area contributed by atoms with Crippen LogP contribution >= 0.6 is 11.6 Å². The maximum atomic E-state index is 6.23. The molecule has 2 aromatic carbocycles. The van der Waals surface area contributed by atoms with Crippen molar-refractivity contribution in [3.63, 3.8) is 0 Å². The molecule has 0 radical (unpaired) electrons. The summed E-state index contributed by atoms with van der Waals surface area (Å²) in [7, 11) is 1.61. The van der Waals surface area contributed by atoms with Crippen LogP contribution in [0, 0.1) is 0 Å². The van der Waals surface area contributed by atoms with Crippen molar-refractivity contribution in [2.45, 2.75) is 0 Å². The molecule has 4 nitrogen and oxygen atoms in total. The van der Waals surface area contributed by atoms with Gasteiger partial charge < -0.3 is 10.5 Å². The normalized spacial score (nSPS) is 10.8. The van der Waals surface area contributed by atoms with Crippen molar-refractivity contribution >= 4 is 28.6 Å². The number of benzene rings is 2. The van der Waals surface area contributed by atoms with Crippen LogP contribution in [-0.2, 0) is 0 Å². The molecule has 3 aromatic rings. The third-order valence-corrected chi connectivity index (χ3v) is 3.31. The number of ether oxygens (including phenoxy) is 1.